The zero-order valence-corrected chi connectivity index (χ0v) is 8.72. The van der Waals surface area contributed by atoms with Gasteiger partial charge in [-0.1, -0.05) is 0 Å². The van der Waals surface area contributed by atoms with Crippen LogP contribution in [0.4, 0.5) is 13.2 Å². The summed E-state index contributed by atoms with van der Waals surface area (Å²) in [6.45, 7) is 0. The van der Waals surface area contributed by atoms with Crippen molar-refractivity contribution >= 4 is 5.97 Å². The van der Waals surface area contributed by atoms with E-state index in [-0.39, 0.29) is 11.5 Å². The van der Waals surface area contributed by atoms with E-state index in [9.17, 15) is 18.0 Å². The van der Waals surface area contributed by atoms with E-state index in [1.54, 1.807) is 0 Å². The molecule has 0 fully saturated rings. The Balaban J connectivity index is 2.41. The summed E-state index contributed by atoms with van der Waals surface area (Å²) in [7, 11) is 0. The van der Waals surface area contributed by atoms with Gasteiger partial charge in [0.15, 0.2) is 11.5 Å². The molecule has 5 nitrogen and oxygen atoms in total. The Morgan fingerprint density at radius 1 is 1.22 bits per heavy atom. The molecule has 1 N–H and O–H groups in total. The van der Waals surface area contributed by atoms with E-state index in [2.05, 4.69) is 10.2 Å². The Kier molecular flexibility index (Phi) is 2.77. The normalized spacial score (nSPS) is 11.5. The van der Waals surface area contributed by atoms with Gasteiger partial charge in [0.05, 0.1) is 0 Å². The zero-order valence-electron chi connectivity index (χ0n) is 8.72. The van der Waals surface area contributed by atoms with E-state index in [1.807, 2.05) is 0 Å². The molecule has 2 aromatic rings. The lowest BCUT2D eigenvalue weighted by molar-refractivity contribution is -0.141. The van der Waals surface area contributed by atoms with Gasteiger partial charge in [-0.05, 0) is 24.3 Å². The first-order chi connectivity index (χ1) is 8.39. The third-order valence-electron chi connectivity index (χ3n) is 2.16. The third kappa shape index (κ3) is 2.17. The second-order valence-corrected chi connectivity index (χ2v) is 3.34. The van der Waals surface area contributed by atoms with Crippen molar-refractivity contribution in [2.45, 2.75) is 6.18 Å². The molecule has 0 atom stereocenters. The van der Waals surface area contributed by atoms with Gasteiger partial charge in [0.25, 0.3) is 0 Å². The number of alkyl halides is 3. The summed E-state index contributed by atoms with van der Waals surface area (Å²) in [5.41, 5.74) is -1.24. The molecule has 0 unspecified atom stereocenters. The van der Waals surface area contributed by atoms with Crippen molar-refractivity contribution in [1.29, 1.82) is 0 Å². The monoisotopic (exact) mass is 257 g/mol. The number of carboxylic acid groups (broad SMARTS) is 1. The van der Waals surface area contributed by atoms with Crippen LogP contribution in [0, 0.1) is 0 Å². The Morgan fingerprint density at radius 3 is 2.44 bits per heavy atom. The number of carbonyl (C=O) groups is 1. The molecule has 0 spiro atoms. The second kappa shape index (κ2) is 4.13. The first-order valence-corrected chi connectivity index (χ1v) is 4.71. The lowest BCUT2D eigenvalue weighted by Crippen LogP contribution is -2.12. The van der Waals surface area contributed by atoms with Crippen LogP contribution in [0.15, 0.2) is 30.5 Å². The van der Waals surface area contributed by atoms with Crippen LogP contribution >= 0.6 is 0 Å². The number of aromatic carboxylic acids is 1. The molecule has 0 radical (unpaired) electrons. The average Bonchev–Trinajstić information content (AvgIpc) is 2.77. The molecule has 18 heavy (non-hydrogen) atoms. The van der Waals surface area contributed by atoms with Crippen LogP contribution in [0.2, 0.25) is 0 Å². The quantitative estimate of drug-likeness (QED) is 0.893. The van der Waals surface area contributed by atoms with E-state index < -0.39 is 17.8 Å². The SMILES string of the molecule is O=C(O)c1cccn1-c1ccc(C(F)(F)F)nn1. The Hall–Kier alpha value is -2.38. The summed E-state index contributed by atoms with van der Waals surface area (Å²) in [4.78, 5) is 10.8. The van der Waals surface area contributed by atoms with Gasteiger partial charge in [0.1, 0.15) is 5.69 Å². The zero-order chi connectivity index (χ0) is 13.3. The van der Waals surface area contributed by atoms with Gasteiger partial charge in [-0.25, -0.2) is 4.79 Å². The van der Waals surface area contributed by atoms with Crippen LogP contribution < -0.4 is 0 Å². The van der Waals surface area contributed by atoms with Gasteiger partial charge < -0.3 is 5.11 Å². The van der Waals surface area contributed by atoms with Crippen LogP contribution in [0.3, 0.4) is 0 Å². The molecule has 0 aliphatic carbocycles. The maximum absolute atomic E-state index is 12.3. The Morgan fingerprint density at radius 2 is 1.94 bits per heavy atom. The summed E-state index contributed by atoms with van der Waals surface area (Å²) in [6, 6.07) is 4.56. The minimum absolute atomic E-state index is 0.00500. The first-order valence-electron chi connectivity index (χ1n) is 4.71. The summed E-state index contributed by atoms with van der Waals surface area (Å²) in [6.07, 6.45) is -3.20. The van der Waals surface area contributed by atoms with Crippen LogP contribution in [-0.2, 0) is 6.18 Å². The van der Waals surface area contributed by atoms with E-state index in [0.717, 1.165) is 16.7 Å². The highest BCUT2D eigenvalue weighted by Crippen LogP contribution is 2.27. The number of nitrogens with zero attached hydrogens (tertiary/aromatic N) is 3. The van der Waals surface area contributed by atoms with E-state index in [0.29, 0.717) is 0 Å². The predicted octanol–water partition coefficient (Wildman–Crippen LogP) is 1.98. The molecule has 2 rings (SSSR count). The number of carboxylic acids is 1. The molecule has 0 aliphatic rings. The molecular weight excluding hydrogens is 251 g/mol. The number of hydrogen-bond donors (Lipinski definition) is 1. The van der Waals surface area contributed by atoms with E-state index >= 15 is 0 Å². The molecule has 0 aliphatic heterocycles. The summed E-state index contributed by atoms with van der Waals surface area (Å²) in [5, 5.41) is 15.2. The first kappa shape index (κ1) is 12.1. The maximum Gasteiger partial charge on any atom is 0.435 e. The fourth-order valence-corrected chi connectivity index (χ4v) is 1.36. The standard InChI is InChI=1S/C10H6F3N3O2/c11-10(12,13)7-3-4-8(15-14-7)16-5-1-2-6(16)9(17)18/h1-5H,(H,17,18). The lowest BCUT2D eigenvalue weighted by Gasteiger charge is -2.07. The number of hydrogen-bond acceptors (Lipinski definition) is 3. The van der Waals surface area contributed by atoms with Crippen molar-refractivity contribution in [3.63, 3.8) is 0 Å². The van der Waals surface area contributed by atoms with Crippen LogP contribution in [0.1, 0.15) is 16.2 Å². The Labute approximate surface area is 98.5 Å². The molecule has 2 aromatic heterocycles. The Bertz CT molecular complexity index is 575. The summed E-state index contributed by atoms with van der Waals surface area (Å²) >= 11 is 0. The van der Waals surface area contributed by atoms with Gasteiger partial charge in [-0.15, -0.1) is 10.2 Å². The molecule has 0 saturated heterocycles. The second-order valence-electron chi connectivity index (χ2n) is 3.34. The molecule has 94 valence electrons. The average molecular weight is 257 g/mol. The van der Waals surface area contributed by atoms with Crippen LogP contribution in [0.5, 0.6) is 0 Å². The van der Waals surface area contributed by atoms with E-state index in [4.69, 9.17) is 5.11 Å². The largest absolute Gasteiger partial charge is 0.477 e. The molecule has 8 heteroatoms. The van der Waals surface area contributed by atoms with Crippen molar-refractivity contribution in [2.75, 3.05) is 0 Å². The topological polar surface area (TPSA) is 68.0 Å². The highest BCUT2D eigenvalue weighted by Gasteiger charge is 2.33. The number of aromatic nitrogens is 3. The van der Waals surface area contributed by atoms with Crippen LogP contribution in [-0.4, -0.2) is 25.8 Å². The fourth-order valence-electron chi connectivity index (χ4n) is 1.36. The summed E-state index contributed by atoms with van der Waals surface area (Å²) in [5.74, 6) is -1.20. The maximum atomic E-state index is 12.3. The van der Waals surface area contributed by atoms with Crippen LogP contribution in [0.25, 0.3) is 5.82 Å². The van der Waals surface area contributed by atoms with Crippen molar-refractivity contribution in [3.8, 4) is 5.82 Å². The van der Waals surface area contributed by atoms with Gasteiger partial charge in [0, 0.05) is 6.20 Å². The number of rotatable bonds is 2. The van der Waals surface area contributed by atoms with Crippen molar-refractivity contribution in [3.05, 3.63) is 41.9 Å². The van der Waals surface area contributed by atoms with Crippen molar-refractivity contribution in [1.82, 2.24) is 14.8 Å². The molecule has 0 saturated carbocycles. The lowest BCUT2D eigenvalue weighted by atomic mass is 10.3. The molecule has 0 aromatic carbocycles. The van der Waals surface area contributed by atoms with E-state index in [1.165, 1.54) is 18.3 Å². The highest BCUT2D eigenvalue weighted by atomic mass is 19.4. The van der Waals surface area contributed by atoms with Crippen molar-refractivity contribution in [2.24, 2.45) is 0 Å². The highest BCUT2D eigenvalue weighted by molar-refractivity contribution is 5.86. The van der Waals surface area contributed by atoms with Gasteiger partial charge in [-0.3, -0.25) is 4.57 Å². The summed E-state index contributed by atoms with van der Waals surface area (Å²) < 4.78 is 37.9. The molecule has 0 bridgehead atoms. The number of halogens is 3. The van der Waals surface area contributed by atoms with Gasteiger partial charge in [0.2, 0.25) is 0 Å². The predicted molar refractivity (Wildman–Crippen MR) is 53.3 cm³/mol. The van der Waals surface area contributed by atoms with Gasteiger partial charge >= 0.3 is 12.1 Å². The van der Waals surface area contributed by atoms with Crippen molar-refractivity contribution < 1.29 is 23.1 Å². The fraction of sp³-hybridized carbons (Fsp3) is 0.100. The smallest absolute Gasteiger partial charge is 0.435 e. The molecule has 2 heterocycles. The minimum atomic E-state index is -4.57. The molecular formula is C10H6F3N3O2. The van der Waals surface area contributed by atoms with Gasteiger partial charge in [-0.2, -0.15) is 13.2 Å². The third-order valence-corrected chi connectivity index (χ3v) is 2.16. The minimum Gasteiger partial charge on any atom is -0.477 e. The molecule has 0 amide bonds.